The van der Waals surface area contributed by atoms with Crippen LogP contribution in [0.15, 0.2) is 30.5 Å². The van der Waals surface area contributed by atoms with Gasteiger partial charge in [0, 0.05) is 30.4 Å². The number of benzene rings is 1. The summed E-state index contributed by atoms with van der Waals surface area (Å²) in [6.45, 7) is 4.93. The zero-order chi connectivity index (χ0) is 21.3. The van der Waals surface area contributed by atoms with Crippen LogP contribution in [0.4, 0.5) is 13.2 Å². The lowest BCUT2D eigenvalue weighted by Crippen LogP contribution is -2.09. The second-order valence-electron chi connectivity index (χ2n) is 7.15. The average molecular weight is 421 g/mol. The summed E-state index contributed by atoms with van der Waals surface area (Å²) in [7, 11) is 0. The second-order valence-corrected chi connectivity index (χ2v) is 7.15. The zero-order valence-corrected chi connectivity index (χ0v) is 16.7. The van der Waals surface area contributed by atoms with E-state index in [-0.39, 0.29) is 18.6 Å². The molecule has 30 heavy (non-hydrogen) atoms. The van der Waals surface area contributed by atoms with Crippen molar-refractivity contribution in [1.82, 2.24) is 14.8 Å². The van der Waals surface area contributed by atoms with E-state index in [1.165, 1.54) is 0 Å². The number of nitrogens with zero attached hydrogens (tertiary/aromatic N) is 3. The number of aryl methyl sites for hydroxylation is 1. The monoisotopic (exact) mass is 421 g/mol. The number of aromatic nitrogens is 3. The van der Waals surface area contributed by atoms with Crippen molar-refractivity contribution in [3.05, 3.63) is 41.6 Å². The van der Waals surface area contributed by atoms with Crippen molar-refractivity contribution in [2.45, 2.75) is 32.5 Å². The highest BCUT2D eigenvalue weighted by atomic mass is 19.4. The SMILES string of the molecule is CCOCOc1cc(C(F)(F)F)cc(C)c1-c1ccc2cn(C3CCOC3)nc2n1. The summed E-state index contributed by atoms with van der Waals surface area (Å²) in [6.07, 6.45) is -1.68. The molecule has 0 amide bonds. The van der Waals surface area contributed by atoms with E-state index in [0.717, 1.165) is 23.9 Å². The number of hydrogen-bond donors (Lipinski definition) is 0. The second kappa shape index (κ2) is 8.23. The fraction of sp³-hybridized carbons (Fsp3) is 0.429. The molecule has 1 atom stereocenters. The van der Waals surface area contributed by atoms with Gasteiger partial charge in [-0.05, 0) is 50.1 Å². The molecule has 0 bridgehead atoms. The van der Waals surface area contributed by atoms with E-state index >= 15 is 0 Å². The van der Waals surface area contributed by atoms with Gasteiger partial charge in [0.25, 0.3) is 0 Å². The molecular weight excluding hydrogens is 399 g/mol. The van der Waals surface area contributed by atoms with Crippen molar-refractivity contribution >= 4 is 11.0 Å². The summed E-state index contributed by atoms with van der Waals surface area (Å²) in [5, 5.41) is 5.41. The average Bonchev–Trinajstić information content (AvgIpc) is 3.36. The molecule has 1 unspecified atom stereocenters. The molecule has 0 N–H and O–H groups in total. The Morgan fingerprint density at radius 2 is 2.10 bits per heavy atom. The normalized spacial score (nSPS) is 17.0. The summed E-state index contributed by atoms with van der Waals surface area (Å²) < 4.78 is 57.9. The molecule has 1 aliphatic rings. The number of alkyl halides is 3. The minimum Gasteiger partial charge on any atom is -0.467 e. The summed E-state index contributed by atoms with van der Waals surface area (Å²) in [5.41, 5.74) is 1.14. The minimum atomic E-state index is -4.48. The molecule has 6 nitrogen and oxygen atoms in total. The third-order valence-corrected chi connectivity index (χ3v) is 5.05. The van der Waals surface area contributed by atoms with Gasteiger partial charge in [0.1, 0.15) is 5.75 Å². The number of ether oxygens (including phenoxy) is 3. The molecule has 0 aliphatic carbocycles. The van der Waals surface area contributed by atoms with Crippen LogP contribution in [0.5, 0.6) is 5.75 Å². The van der Waals surface area contributed by atoms with Gasteiger partial charge in [0.15, 0.2) is 12.4 Å². The molecular formula is C21H22F3N3O3. The number of pyridine rings is 1. The largest absolute Gasteiger partial charge is 0.467 e. The predicted octanol–water partition coefficient (Wildman–Crippen LogP) is 4.76. The zero-order valence-electron chi connectivity index (χ0n) is 16.7. The van der Waals surface area contributed by atoms with E-state index < -0.39 is 11.7 Å². The molecule has 0 saturated carbocycles. The lowest BCUT2D eigenvalue weighted by molar-refractivity contribution is -0.137. The lowest BCUT2D eigenvalue weighted by Gasteiger charge is -2.17. The Morgan fingerprint density at radius 1 is 1.27 bits per heavy atom. The molecule has 4 rings (SSSR count). The van der Waals surface area contributed by atoms with Crippen molar-refractivity contribution in [3.8, 4) is 17.0 Å². The van der Waals surface area contributed by atoms with Crippen LogP contribution in [0.25, 0.3) is 22.3 Å². The first kappa shape index (κ1) is 20.6. The lowest BCUT2D eigenvalue weighted by atomic mass is 10.00. The Balaban J connectivity index is 1.76. The van der Waals surface area contributed by atoms with Crippen molar-refractivity contribution in [2.24, 2.45) is 0 Å². The molecule has 2 aromatic heterocycles. The number of halogens is 3. The van der Waals surface area contributed by atoms with Crippen molar-refractivity contribution < 1.29 is 27.4 Å². The Morgan fingerprint density at radius 3 is 2.80 bits per heavy atom. The highest BCUT2D eigenvalue weighted by molar-refractivity contribution is 5.80. The minimum absolute atomic E-state index is 0.0752. The van der Waals surface area contributed by atoms with E-state index in [2.05, 4.69) is 10.1 Å². The van der Waals surface area contributed by atoms with Crippen LogP contribution < -0.4 is 4.74 Å². The van der Waals surface area contributed by atoms with E-state index in [9.17, 15) is 13.2 Å². The fourth-order valence-corrected chi connectivity index (χ4v) is 3.53. The fourth-order valence-electron chi connectivity index (χ4n) is 3.53. The van der Waals surface area contributed by atoms with Crippen LogP contribution in [-0.2, 0) is 15.7 Å². The molecule has 1 saturated heterocycles. The molecule has 9 heteroatoms. The molecule has 0 spiro atoms. The Kier molecular flexibility index (Phi) is 5.66. The van der Waals surface area contributed by atoms with E-state index in [4.69, 9.17) is 14.2 Å². The molecule has 1 aliphatic heterocycles. The van der Waals surface area contributed by atoms with Crippen LogP contribution in [0, 0.1) is 6.92 Å². The van der Waals surface area contributed by atoms with Gasteiger partial charge < -0.3 is 14.2 Å². The first-order chi connectivity index (χ1) is 14.4. The molecule has 160 valence electrons. The van der Waals surface area contributed by atoms with Crippen LogP contribution in [-0.4, -0.2) is 41.4 Å². The maximum Gasteiger partial charge on any atom is 0.416 e. The third kappa shape index (κ3) is 4.13. The van der Waals surface area contributed by atoms with Gasteiger partial charge in [-0.1, -0.05) is 0 Å². The summed E-state index contributed by atoms with van der Waals surface area (Å²) in [6, 6.07) is 5.88. The third-order valence-electron chi connectivity index (χ3n) is 5.05. The highest BCUT2D eigenvalue weighted by Gasteiger charge is 2.32. The summed E-state index contributed by atoms with van der Waals surface area (Å²) in [5.74, 6) is 0.0752. The Hall–Kier alpha value is -2.65. The first-order valence-electron chi connectivity index (χ1n) is 9.73. The van der Waals surface area contributed by atoms with Crippen LogP contribution in [0.1, 0.15) is 30.5 Å². The molecule has 3 aromatic rings. The van der Waals surface area contributed by atoms with Gasteiger partial charge in [-0.3, -0.25) is 4.68 Å². The van der Waals surface area contributed by atoms with E-state index in [1.54, 1.807) is 19.9 Å². The van der Waals surface area contributed by atoms with Gasteiger partial charge in [0.2, 0.25) is 0 Å². The van der Waals surface area contributed by atoms with Gasteiger partial charge in [-0.25, -0.2) is 4.98 Å². The van der Waals surface area contributed by atoms with Gasteiger partial charge in [0.05, 0.1) is 23.9 Å². The molecule has 1 aromatic carbocycles. The van der Waals surface area contributed by atoms with Gasteiger partial charge in [-0.15, -0.1) is 0 Å². The summed E-state index contributed by atoms with van der Waals surface area (Å²) in [4.78, 5) is 4.60. The number of fused-ring (bicyclic) bond motifs is 1. The Labute approximate surface area is 171 Å². The maximum absolute atomic E-state index is 13.3. The van der Waals surface area contributed by atoms with Crippen molar-refractivity contribution in [1.29, 1.82) is 0 Å². The van der Waals surface area contributed by atoms with Crippen molar-refractivity contribution in [2.75, 3.05) is 26.6 Å². The predicted molar refractivity (Wildman–Crippen MR) is 104 cm³/mol. The quantitative estimate of drug-likeness (QED) is 0.424. The number of hydrogen-bond acceptors (Lipinski definition) is 5. The maximum atomic E-state index is 13.3. The van der Waals surface area contributed by atoms with Crippen LogP contribution in [0.2, 0.25) is 0 Å². The van der Waals surface area contributed by atoms with Crippen LogP contribution in [0.3, 0.4) is 0 Å². The molecule has 0 radical (unpaired) electrons. The van der Waals surface area contributed by atoms with Crippen LogP contribution >= 0.6 is 0 Å². The Bertz CT molecular complexity index is 1040. The topological polar surface area (TPSA) is 58.4 Å². The highest BCUT2D eigenvalue weighted by Crippen LogP contribution is 2.39. The smallest absolute Gasteiger partial charge is 0.416 e. The van der Waals surface area contributed by atoms with E-state index in [1.807, 2.05) is 16.9 Å². The summed E-state index contributed by atoms with van der Waals surface area (Å²) >= 11 is 0. The van der Waals surface area contributed by atoms with Crippen molar-refractivity contribution in [3.63, 3.8) is 0 Å². The standard InChI is InChI=1S/C21H22F3N3O3/c1-3-28-12-30-18-9-15(21(22,23)24)8-13(2)19(18)17-5-4-14-10-27(26-20(14)25-17)16-6-7-29-11-16/h4-5,8-10,16H,3,6-7,11-12H2,1-2H3. The molecule has 1 fully saturated rings. The van der Waals surface area contributed by atoms with Gasteiger partial charge >= 0.3 is 6.18 Å². The number of rotatable bonds is 6. The van der Waals surface area contributed by atoms with E-state index in [0.29, 0.717) is 42.3 Å². The molecule has 3 heterocycles. The van der Waals surface area contributed by atoms with Gasteiger partial charge in [-0.2, -0.15) is 18.3 Å². The first-order valence-corrected chi connectivity index (χ1v) is 9.73.